The van der Waals surface area contributed by atoms with Crippen molar-refractivity contribution in [3.63, 3.8) is 0 Å². The highest BCUT2D eigenvalue weighted by atomic mass is 35.5. The van der Waals surface area contributed by atoms with E-state index < -0.39 is 42.3 Å². The SMILES string of the molecule is O=C(Nc1ccc(Cl)c(CNc2ccc(S(=O)(=O)C(F)(F)F)cc2)c1)C1C(c2cc(Cl)cc(Cl)c2)C1(Cl)Cl. The van der Waals surface area contributed by atoms with Crippen molar-refractivity contribution >= 4 is 85.1 Å². The van der Waals surface area contributed by atoms with Crippen LogP contribution in [0, 0.1) is 5.92 Å². The maximum absolute atomic E-state index is 13.0. The number of anilines is 2. The topological polar surface area (TPSA) is 75.3 Å². The molecular formula is C24H16Cl5F3N2O3S. The molecule has 38 heavy (non-hydrogen) atoms. The van der Waals surface area contributed by atoms with Crippen LogP contribution in [0.15, 0.2) is 65.6 Å². The molecule has 0 aliphatic heterocycles. The van der Waals surface area contributed by atoms with E-state index in [0.29, 0.717) is 37.6 Å². The molecule has 4 rings (SSSR count). The summed E-state index contributed by atoms with van der Waals surface area (Å²) >= 11 is 31.2. The molecule has 5 nitrogen and oxygen atoms in total. The van der Waals surface area contributed by atoms with E-state index in [1.165, 1.54) is 12.1 Å². The Morgan fingerprint density at radius 3 is 2.05 bits per heavy atom. The third kappa shape index (κ3) is 5.98. The first-order valence-electron chi connectivity index (χ1n) is 10.7. The van der Waals surface area contributed by atoms with Gasteiger partial charge in [-0.25, -0.2) is 8.42 Å². The fourth-order valence-corrected chi connectivity index (χ4v) is 6.23. The van der Waals surface area contributed by atoms with Crippen LogP contribution in [0.1, 0.15) is 17.0 Å². The standard InChI is InChI=1S/C24H16Cl5F3N2O3S/c25-14-7-12(8-15(26)10-14)20-21(23(20,28)29)22(35)34-17-3-6-19(27)13(9-17)11-33-16-1-4-18(5-2-16)38(36,37)24(30,31)32/h1-10,20-21,33H,11H2,(H,34,35). The van der Waals surface area contributed by atoms with E-state index in [9.17, 15) is 26.4 Å². The summed E-state index contributed by atoms with van der Waals surface area (Å²) in [5.74, 6) is -1.73. The summed E-state index contributed by atoms with van der Waals surface area (Å²) in [6.07, 6.45) is 0. The van der Waals surface area contributed by atoms with E-state index in [4.69, 9.17) is 58.0 Å². The molecule has 0 aromatic heterocycles. The van der Waals surface area contributed by atoms with E-state index in [1.807, 2.05) is 0 Å². The van der Waals surface area contributed by atoms with Crippen molar-refractivity contribution in [3.8, 4) is 0 Å². The number of hydrogen-bond donors (Lipinski definition) is 2. The first-order chi connectivity index (χ1) is 17.6. The maximum Gasteiger partial charge on any atom is 0.501 e. The van der Waals surface area contributed by atoms with Crippen LogP contribution in [0.5, 0.6) is 0 Å². The van der Waals surface area contributed by atoms with E-state index >= 15 is 0 Å². The minimum absolute atomic E-state index is 0.121. The molecular weight excluding hydrogens is 631 g/mol. The third-order valence-corrected chi connectivity index (χ3v) is 9.09. The molecule has 0 spiro atoms. The van der Waals surface area contributed by atoms with Crippen molar-refractivity contribution in [1.82, 2.24) is 0 Å². The van der Waals surface area contributed by atoms with Crippen LogP contribution in [-0.2, 0) is 21.2 Å². The van der Waals surface area contributed by atoms with Gasteiger partial charge in [-0.15, -0.1) is 23.2 Å². The Balaban J connectivity index is 1.44. The largest absolute Gasteiger partial charge is 0.501 e. The molecule has 0 radical (unpaired) electrons. The molecule has 1 aliphatic rings. The summed E-state index contributed by atoms with van der Waals surface area (Å²) in [6.45, 7) is 0.121. The summed E-state index contributed by atoms with van der Waals surface area (Å²) in [6, 6.07) is 13.7. The fourth-order valence-electron chi connectivity index (χ4n) is 3.91. The maximum atomic E-state index is 13.0. The Labute approximate surface area is 241 Å². The number of carbonyl (C=O) groups is 1. The van der Waals surface area contributed by atoms with Gasteiger partial charge in [-0.05, 0) is 71.8 Å². The zero-order valence-electron chi connectivity index (χ0n) is 18.8. The first-order valence-corrected chi connectivity index (χ1v) is 14.1. The van der Waals surface area contributed by atoms with Crippen molar-refractivity contribution in [1.29, 1.82) is 0 Å². The Kier molecular flexibility index (Phi) is 8.12. The predicted octanol–water partition coefficient (Wildman–Crippen LogP) is 8.08. The predicted molar refractivity (Wildman–Crippen MR) is 144 cm³/mol. The van der Waals surface area contributed by atoms with E-state index in [2.05, 4.69) is 10.6 Å². The molecule has 0 bridgehead atoms. The van der Waals surface area contributed by atoms with Crippen LogP contribution < -0.4 is 10.6 Å². The lowest BCUT2D eigenvalue weighted by atomic mass is 10.1. The van der Waals surface area contributed by atoms with Gasteiger partial charge in [0.25, 0.3) is 9.84 Å². The van der Waals surface area contributed by atoms with Crippen LogP contribution in [0.2, 0.25) is 15.1 Å². The smallest absolute Gasteiger partial charge is 0.381 e. The molecule has 2 atom stereocenters. The van der Waals surface area contributed by atoms with Gasteiger partial charge >= 0.3 is 5.51 Å². The van der Waals surface area contributed by atoms with Gasteiger partial charge in [-0.1, -0.05) is 34.8 Å². The lowest BCUT2D eigenvalue weighted by molar-refractivity contribution is -0.117. The number of hydrogen-bond acceptors (Lipinski definition) is 4. The molecule has 2 unspecified atom stereocenters. The van der Waals surface area contributed by atoms with Gasteiger partial charge in [0.15, 0.2) is 0 Å². The van der Waals surface area contributed by atoms with Gasteiger partial charge in [0.2, 0.25) is 5.91 Å². The summed E-state index contributed by atoms with van der Waals surface area (Å²) in [5.41, 5.74) is -3.46. The normalized spacial score (nSPS) is 18.6. The number of alkyl halides is 5. The summed E-state index contributed by atoms with van der Waals surface area (Å²) in [4.78, 5) is 12.1. The van der Waals surface area contributed by atoms with Crippen LogP contribution in [-0.4, -0.2) is 24.2 Å². The summed E-state index contributed by atoms with van der Waals surface area (Å²) in [7, 11) is -5.44. The number of nitrogens with one attached hydrogen (secondary N) is 2. The lowest BCUT2D eigenvalue weighted by Crippen LogP contribution is -2.23. The monoisotopic (exact) mass is 644 g/mol. The first kappa shape index (κ1) is 29.1. The summed E-state index contributed by atoms with van der Waals surface area (Å²) in [5, 5.41) is 6.83. The molecule has 0 heterocycles. The van der Waals surface area contributed by atoms with Crippen LogP contribution >= 0.6 is 58.0 Å². The molecule has 3 aromatic carbocycles. The Bertz CT molecular complexity index is 1480. The van der Waals surface area contributed by atoms with Crippen molar-refractivity contribution in [2.45, 2.75) is 27.2 Å². The zero-order valence-corrected chi connectivity index (χ0v) is 23.4. The van der Waals surface area contributed by atoms with Gasteiger partial charge in [0.1, 0.15) is 4.33 Å². The second kappa shape index (κ2) is 10.6. The van der Waals surface area contributed by atoms with E-state index in [1.54, 1.807) is 36.4 Å². The molecule has 2 N–H and O–H groups in total. The van der Waals surface area contributed by atoms with Gasteiger partial charge in [0, 0.05) is 38.9 Å². The summed E-state index contributed by atoms with van der Waals surface area (Å²) < 4.78 is 59.8. The van der Waals surface area contributed by atoms with Crippen molar-refractivity contribution in [3.05, 3.63) is 86.9 Å². The molecule has 1 saturated carbocycles. The molecule has 1 aliphatic carbocycles. The molecule has 0 saturated heterocycles. The van der Waals surface area contributed by atoms with Gasteiger partial charge in [-0.3, -0.25) is 4.79 Å². The number of sulfone groups is 1. The number of benzene rings is 3. The Morgan fingerprint density at radius 1 is 0.895 bits per heavy atom. The highest BCUT2D eigenvalue weighted by molar-refractivity contribution is 7.92. The number of rotatable bonds is 7. The highest BCUT2D eigenvalue weighted by Gasteiger charge is 2.67. The van der Waals surface area contributed by atoms with Gasteiger partial charge in [0.05, 0.1) is 10.8 Å². The second-order valence-corrected chi connectivity index (χ2v) is 13.1. The fraction of sp³-hybridized carbons (Fsp3) is 0.208. The van der Waals surface area contributed by atoms with Crippen molar-refractivity contribution in [2.75, 3.05) is 10.6 Å². The van der Waals surface area contributed by atoms with Crippen molar-refractivity contribution in [2.24, 2.45) is 5.92 Å². The number of carbonyl (C=O) groups excluding carboxylic acids is 1. The molecule has 1 amide bonds. The van der Waals surface area contributed by atoms with Crippen LogP contribution in [0.4, 0.5) is 24.5 Å². The lowest BCUT2D eigenvalue weighted by Gasteiger charge is -2.12. The quantitative estimate of drug-likeness (QED) is 0.255. The highest BCUT2D eigenvalue weighted by Crippen LogP contribution is 2.65. The average molecular weight is 647 g/mol. The Morgan fingerprint density at radius 2 is 1.47 bits per heavy atom. The molecule has 14 heteroatoms. The molecule has 1 fully saturated rings. The third-order valence-electron chi connectivity index (χ3n) is 5.85. The van der Waals surface area contributed by atoms with Crippen molar-refractivity contribution < 1.29 is 26.4 Å². The van der Waals surface area contributed by atoms with E-state index in [0.717, 1.165) is 12.1 Å². The molecule has 202 valence electrons. The number of amides is 1. The minimum atomic E-state index is -5.44. The average Bonchev–Trinajstić information content (AvgIpc) is 3.40. The Hall–Kier alpha value is -1.88. The van der Waals surface area contributed by atoms with Gasteiger partial charge in [-0.2, -0.15) is 13.2 Å². The van der Waals surface area contributed by atoms with E-state index in [-0.39, 0.29) is 6.54 Å². The van der Waals surface area contributed by atoms with Crippen LogP contribution in [0.3, 0.4) is 0 Å². The number of halogens is 8. The zero-order chi connectivity index (χ0) is 28.0. The molecule has 3 aromatic rings. The van der Waals surface area contributed by atoms with Gasteiger partial charge < -0.3 is 10.6 Å². The second-order valence-electron chi connectivity index (χ2n) is 8.46. The minimum Gasteiger partial charge on any atom is -0.381 e. The van der Waals surface area contributed by atoms with Crippen LogP contribution in [0.25, 0.3) is 0 Å².